The Hall–Kier alpha value is -2.09. The van der Waals surface area contributed by atoms with E-state index < -0.39 is 0 Å². The van der Waals surface area contributed by atoms with Gasteiger partial charge < -0.3 is 4.90 Å². The second-order valence-corrected chi connectivity index (χ2v) is 5.80. The Morgan fingerprint density at radius 2 is 1.50 bits per heavy atom. The molecule has 1 aliphatic heterocycles. The first-order chi connectivity index (χ1) is 11.6. The van der Waals surface area contributed by atoms with Crippen molar-refractivity contribution in [2.45, 2.75) is 60.9 Å². The van der Waals surface area contributed by atoms with Crippen LogP contribution in [-0.4, -0.2) is 5.91 Å². The van der Waals surface area contributed by atoms with Crippen LogP contribution in [0.15, 0.2) is 42.5 Å². The van der Waals surface area contributed by atoms with Crippen LogP contribution in [0.3, 0.4) is 0 Å². The van der Waals surface area contributed by atoms with Gasteiger partial charge in [0.15, 0.2) is 0 Å². The summed E-state index contributed by atoms with van der Waals surface area (Å²) in [4.78, 5) is 14.3. The summed E-state index contributed by atoms with van der Waals surface area (Å²) in [6.07, 6.45) is 0. The highest BCUT2D eigenvalue weighted by Crippen LogP contribution is 2.29. The molecule has 0 saturated carbocycles. The van der Waals surface area contributed by atoms with Crippen LogP contribution in [0.2, 0.25) is 0 Å². The van der Waals surface area contributed by atoms with Crippen LogP contribution in [-0.2, 0) is 6.54 Å². The number of benzene rings is 2. The Balaban J connectivity index is 0.000000671. The molecule has 1 aliphatic rings. The topological polar surface area (TPSA) is 20.3 Å². The SMILES string of the molecule is CC.CC.Cc1ccc2c(c1)C(=O)N(c1ccc(C(C)C)cc1)C2. The van der Waals surface area contributed by atoms with E-state index in [1.54, 1.807) is 0 Å². The number of hydrogen-bond donors (Lipinski definition) is 0. The third-order valence-corrected chi connectivity index (χ3v) is 3.94. The third kappa shape index (κ3) is 4.25. The fraction of sp³-hybridized carbons (Fsp3) is 0.409. The van der Waals surface area contributed by atoms with Gasteiger partial charge in [-0.25, -0.2) is 0 Å². The number of carbonyl (C=O) groups excluding carboxylic acids is 1. The lowest BCUT2D eigenvalue weighted by Crippen LogP contribution is -2.22. The molecule has 0 radical (unpaired) electrons. The van der Waals surface area contributed by atoms with Gasteiger partial charge in [0.2, 0.25) is 0 Å². The second-order valence-electron chi connectivity index (χ2n) is 5.80. The molecule has 130 valence electrons. The molecular weight excluding hydrogens is 294 g/mol. The Bertz CT molecular complexity index is 656. The zero-order chi connectivity index (χ0) is 18.3. The fourth-order valence-corrected chi connectivity index (χ4v) is 2.66. The molecule has 0 spiro atoms. The predicted molar refractivity (Wildman–Crippen MR) is 105 cm³/mol. The molecular formula is C22H31NO. The summed E-state index contributed by atoms with van der Waals surface area (Å²) in [6.45, 7) is 15.0. The molecule has 24 heavy (non-hydrogen) atoms. The summed E-state index contributed by atoms with van der Waals surface area (Å²) in [5, 5.41) is 0. The summed E-state index contributed by atoms with van der Waals surface area (Å²) in [5.74, 6) is 0.624. The lowest BCUT2D eigenvalue weighted by atomic mass is 10.0. The van der Waals surface area contributed by atoms with Crippen LogP contribution in [0, 0.1) is 6.92 Å². The Kier molecular flexibility index (Phi) is 7.70. The number of amides is 1. The van der Waals surface area contributed by atoms with Crippen molar-refractivity contribution in [3.63, 3.8) is 0 Å². The number of rotatable bonds is 2. The number of fused-ring (bicyclic) bond motifs is 1. The van der Waals surface area contributed by atoms with Crippen molar-refractivity contribution in [3.05, 3.63) is 64.7 Å². The standard InChI is InChI=1S/C18H19NO.2C2H6/c1-12(2)14-6-8-16(9-7-14)19-11-15-5-4-13(3)10-17(15)18(19)20;2*1-2/h4-10,12H,11H2,1-3H3;2*1-2H3. The lowest BCUT2D eigenvalue weighted by Gasteiger charge is -2.16. The van der Waals surface area contributed by atoms with E-state index in [-0.39, 0.29) is 5.91 Å². The van der Waals surface area contributed by atoms with Crippen molar-refractivity contribution in [3.8, 4) is 0 Å². The molecule has 0 aliphatic carbocycles. The highest BCUT2D eigenvalue weighted by atomic mass is 16.2. The number of aryl methyl sites for hydroxylation is 1. The first-order valence-electron chi connectivity index (χ1n) is 9.07. The molecule has 0 aromatic heterocycles. The van der Waals surface area contributed by atoms with E-state index in [2.05, 4.69) is 38.1 Å². The zero-order valence-electron chi connectivity index (χ0n) is 16.2. The molecule has 0 atom stereocenters. The van der Waals surface area contributed by atoms with E-state index in [0.717, 1.165) is 22.4 Å². The van der Waals surface area contributed by atoms with Gasteiger partial charge in [-0.1, -0.05) is 71.4 Å². The molecule has 0 unspecified atom stereocenters. The molecule has 1 heterocycles. The molecule has 2 heteroatoms. The van der Waals surface area contributed by atoms with Crippen molar-refractivity contribution < 1.29 is 4.79 Å². The van der Waals surface area contributed by atoms with Crippen LogP contribution in [0.5, 0.6) is 0 Å². The molecule has 1 amide bonds. The van der Waals surface area contributed by atoms with Gasteiger partial charge >= 0.3 is 0 Å². The van der Waals surface area contributed by atoms with E-state index >= 15 is 0 Å². The number of hydrogen-bond acceptors (Lipinski definition) is 1. The lowest BCUT2D eigenvalue weighted by molar-refractivity contribution is 0.0996. The average molecular weight is 325 g/mol. The van der Waals surface area contributed by atoms with E-state index in [9.17, 15) is 4.79 Å². The van der Waals surface area contributed by atoms with E-state index in [1.165, 1.54) is 5.56 Å². The van der Waals surface area contributed by atoms with Gasteiger partial charge in [-0.15, -0.1) is 0 Å². The summed E-state index contributed by atoms with van der Waals surface area (Å²) in [7, 11) is 0. The molecule has 0 N–H and O–H groups in total. The summed E-state index contributed by atoms with van der Waals surface area (Å²) in [5.41, 5.74) is 5.38. The van der Waals surface area contributed by atoms with Gasteiger partial charge in [-0.05, 0) is 42.2 Å². The van der Waals surface area contributed by atoms with Gasteiger partial charge in [0.05, 0.1) is 6.54 Å². The van der Waals surface area contributed by atoms with Gasteiger partial charge in [0.1, 0.15) is 0 Å². The van der Waals surface area contributed by atoms with Crippen molar-refractivity contribution in [2.24, 2.45) is 0 Å². The second kappa shape index (κ2) is 9.27. The van der Waals surface area contributed by atoms with Crippen molar-refractivity contribution in [1.82, 2.24) is 0 Å². The smallest absolute Gasteiger partial charge is 0.258 e. The average Bonchev–Trinajstić information content (AvgIpc) is 2.95. The van der Waals surface area contributed by atoms with Crippen LogP contribution in [0.25, 0.3) is 0 Å². The minimum Gasteiger partial charge on any atom is -0.304 e. The molecule has 2 aromatic carbocycles. The quantitative estimate of drug-likeness (QED) is 0.631. The third-order valence-electron chi connectivity index (χ3n) is 3.94. The van der Waals surface area contributed by atoms with Crippen molar-refractivity contribution in [2.75, 3.05) is 4.90 Å². The minimum atomic E-state index is 0.112. The monoisotopic (exact) mass is 325 g/mol. The fourth-order valence-electron chi connectivity index (χ4n) is 2.66. The van der Waals surface area contributed by atoms with Crippen LogP contribution in [0.4, 0.5) is 5.69 Å². The van der Waals surface area contributed by atoms with Gasteiger partial charge in [-0.2, -0.15) is 0 Å². The van der Waals surface area contributed by atoms with E-state index in [1.807, 2.05) is 57.7 Å². The summed E-state index contributed by atoms with van der Waals surface area (Å²) >= 11 is 0. The number of anilines is 1. The maximum atomic E-state index is 12.5. The van der Waals surface area contributed by atoms with E-state index in [0.29, 0.717) is 12.5 Å². The zero-order valence-corrected chi connectivity index (χ0v) is 16.2. The molecule has 0 fully saturated rings. The first kappa shape index (κ1) is 20.0. The van der Waals surface area contributed by atoms with Crippen LogP contribution >= 0.6 is 0 Å². The summed E-state index contributed by atoms with van der Waals surface area (Å²) < 4.78 is 0. The minimum absolute atomic E-state index is 0.112. The Morgan fingerprint density at radius 1 is 0.917 bits per heavy atom. The predicted octanol–water partition coefficient (Wildman–Crippen LogP) is 6.33. The molecule has 0 saturated heterocycles. The first-order valence-corrected chi connectivity index (χ1v) is 9.07. The highest BCUT2D eigenvalue weighted by molar-refractivity contribution is 6.10. The van der Waals surface area contributed by atoms with Gasteiger partial charge in [-0.3, -0.25) is 4.79 Å². The molecule has 3 rings (SSSR count). The normalized spacial score (nSPS) is 12.2. The molecule has 0 bridgehead atoms. The maximum absolute atomic E-state index is 12.5. The molecule has 2 nitrogen and oxygen atoms in total. The molecule has 2 aromatic rings. The van der Waals surface area contributed by atoms with Gasteiger partial charge in [0.25, 0.3) is 5.91 Å². The largest absolute Gasteiger partial charge is 0.304 e. The number of nitrogens with zero attached hydrogens (tertiary/aromatic N) is 1. The van der Waals surface area contributed by atoms with Crippen molar-refractivity contribution >= 4 is 11.6 Å². The maximum Gasteiger partial charge on any atom is 0.258 e. The van der Waals surface area contributed by atoms with Crippen LogP contribution in [0.1, 0.15) is 74.5 Å². The van der Waals surface area contributed by atoms with Crippen molar-refractivity contribution in [1.29, 1.82) is 0 Å². The van der Waals surface area contributed by atoms with E-state index in [4.69, 9.17) is 0 Å². The summed E-state index contributed by atoms with van der Waals surface area (Å²) in [6, 6.07) is 14.4. The highest BCUT2D eigenvalue weighted by Gasteiger charge is 2.28. The Morgan fingerprint density at radius 3 is 2.04 bits per heavy atom. The number of carbonyl (C=O) groups is 1. The van der Waals surface area contributed by atoms with Crippen LogP contribution < -0.4 is 4.90 Å². The Labute approximate surface area is 147 Å². The van der Waals surface area contributed by atoms with Gasteiger partial charge in [0, 0.05) is 11.3 Å².